The molecular formula is C23H30N2O3. The highest BCUT2D eigenvalue weighted by Crippen LogP contribution is 2.18. The van der Waals surface area contributed by atoms with Gasteiger partial charge in [0.2, 0.25) is 0 Å². The van der Waals surface area contributed by atoms with Gasteiger partial charge in [-0.15, -0.1) is 0 Å². The fourth-order valence-corrected chi connectivity index (χ4v) is 3.22. The number of ether oxygens (including phenoxy) is 2. The Morgan fingerprint density at radius 1 is 1.14 bits per heavy atom. The van der Waals surface area contributed by atoms with Crippen LogP contribution in [-0.2, 0) is 4.74 Å². The Hall–Kier alpha value is -2.37. The van der Waals surface area contributed by atoms with Crippen molar-refractivity contribution < 1.29 is 14.3 Å². The molecule has 5 nitrogen and oxygen atoms in total. The lowest BCUT2D eigenvalue weighted by molar-refractivity contribution is 0.0679. The van der Waals surface area contributed by atoms with Gasteiger partial charge in [-0.1, -0.05) is 38.1 Å². The monoisotopic (exact) mass is 382 g/mol. The zero-order valence-corrected chi connectivity index (χ0v) is 16.7. The molecule has 2 aromatic rings. The molecule has 0 radical (unpaired) electrons. The number of carbonyl (C=O) groups excluding carboxylic acids is 1. The number of nitrogens with two attached hydrogens (primary N) is 1. The third kappa shape index (κ3) is 5.57. The van der Waals surface area contributed by atoms with E-state index >= 15 is 0 Å². The van der Waals surface area contributed by atoms with E-state index in [9.17, 15) is 4.79 Å². The van der Waals surface area contributed by atoms with Crippen molar-refractivity contribution in [1.82, 2.24) is 5.32 Å². The molecule has 1 heterocycles. The Morgan fingerprint density at radius 3 is 2.43 bits per heavy atom. The maximum Gasteiger partial charge on any atom is 0.251 e. The summed E-state index contributed by atoms with van der Waals surface area (Å²) < 4.78 is 11.3. The maximum absolute atomic E-state index is 12.4. The summed E-state index contributed by atoms with van der Waals surface area (Å²) in [5.74, 6) is 1.09. The summed E-state index contributed by atoms with van der Waals surface area (Å²) in [6.07, 6.45) is 2.32. The van der Waals surface area contributed by atoms with Gasteiger partial charge in [0.15, 0.2) is 0 Å². The van der Waals surface area contributed by atoms with E-state index in [2.05, 4.69) is 31.3 Å². The smallest absolute Gasteiger partial charge is 0.251 e. The SMILES string of the molecule is CC(C)c1ccc(C(N)CNC(=O)c2ccc(OCC3CCCO3)cc2)cc1. The standard InChI is InChI=1S/C23H30N2O3/c1-16(2)17-5-7-18(8-6-17)22(24)14-25-23(26)19-9-11-20(12-10-19)28-15-21-4-3-13-27-21/h5-12,16,21-22H,3-4,13-15,24H2,1-2H3,(H,25,26). The second kappa shape index (κ2) is 9.71. The van der Waals surface area contributed by atoms with Crippen LogP contribution in [0.5, 0.6) is 5.75 Å². The second-order valence-electron chi connectivity index (χ2n) is 7.61. The molecule has 5 heteroatoms. The van der Waals surface area contributed by atoms with Gasteiger partial charge >= 0.3 is 0 Å². The summed E-state index contributed by atoms with van der Waals surface area (Å²) in [6, 6.07) is 15.2. The van der Waals surface area contributed by atoms with Crippen molar-refractivity contribution in [3.8, 4) is 5.75 Å². The van der Waals surface area contributed by atoms with E-state index in [0.717, 1.165) is 30.8 Å². The minimum Gasteiger partial charge on any atom is -0.491 e. The van der Waals surface area contributed by atoms with Crippen LogP contribution in [0.3, 0.4) is 0 Å². The molecule has 3 rings (SSSR count). The van der Waals surface area contributed by atoms with Crippen LogP contribution in [0.15, 0.2) is 48.5 Å². The predicted octanol–water partition coefficient (Wildman–Crippen LogP) is 3.80. The number of carbonyl (C=O) groups is 1. The average molecular weight is 383 g/mol. The van der Waals surface area contributed by atoms with Gasteiger partial charge in [-0.3, -0.25) is 4.79 Å². The van der Waals surface area contributed by atoms with Crippen molar-refractivity contribution >= 4 is 5.91 Å². The van der Waals surface area contributed by atoms with Crippen molar-refractivity contribution in [3.05, 3.63) is 65.2 Å². The Balaban J connectivity index is 1.47. The molecule has 0 bridgehead atoms. The summed E-state index contributed by atoms with van der Waals surface area (Å²) in [4.78, 5) is 12.4. The first-order valence-corrected chi connectivity index (χ1v) is 10.0. The van der Waals surface area contributed by atoms with Gasteiger partial charge in [0.1, 0.15) is 12.4 Å². The van der Waals surface area contributed by atoms with Crippen LogP contribution in [-0.4, -0.2) is 31.8 Å². The summed E-state index contributed by atoms with van der Waals surface area (Å²) in [6.45, 7) is 6.08. The molecule has 2 aromatic carbocycles. The highest BCUT2D eigenvalue weighted by molar-refractivity contribution is 5.94. The molecule has 1 aliphatic rings. The molecule has 28 heavy (non-hydrogen) atoms. The van der Waals surface area contributed by atoms with E-state index in [-0.39, 0.29) is 18.1 Å². The topological polar surface area (TPSA) is 73.6 Å². The number of rotatable bonds is 8. The van der Waals surface area contributed by atoms with Crippen molar-refractivity contribution in [1.29, 1.82) is 0 Å². The number of hydrogen-bond donors (Lipinski definition) is 2. The zero-order valence-electron chi connectivity index (χ0n) is 16.7. The largest absolute Gasteiger partial charge is 0.491 e. The molecule has 2 atom stereocenters. The van der Waals surface area contributed by atoms with Crippen LogP contribution < -0.4 is 15.8 Å². The van der Waals surface area contributed by atoms with Crippen LogP contribution in [0.1, 0.15) is 60.1 Å². The molecule has 0 spiro atoms. The molecule has 1 fully saturated rings. The second-order valence-corrected chi connectivity index (χ2v) is 7.61. The molecule has 0 saturated carbocycles. The Bertz CT molecular complexity index is 750. The molecule has 2 unspecified atom stereocenters. The number of benzene rings is 2. The van der Waals surface area contributed by atoms with Gasteiger partial charge in [0.05, 0.1) is 6.10 Å². The fourth-order valence-electron chi connectivity index (χ4n) is 3.22. The third-order valence-corrected chi connectivity index (χ3v) is 5.09. The fraction of sp³-hybridized carbons (Fsp3) is 0.435. The Labute approximate surface area is 167 Å². The van der Waals surface area contributed by atoms with Crippen molar-refractivity contribution in [2.24, 2.45) is 5.73 Å². The minimum atomic E-state index is -0.237. The molecular weight excluding hydrogens is 352 g/mol. The van der Waals surface area contributed by atoms with Crippen LogP contribution in [0.25, 0.3) is 0 Å². The normalized spacial score (nSPS) is 17.5. The molecule has 0 aromatic heterocycles. The number of amides is 1. The highest BCUT2D eigenvalue weighted by Gasteiger charge is 2.16. The quantitative estimate of drug-likeness (QED) is 0.728. The van der Waals surface area contributed by atoms with Crippen LogP contribution in [0.4, 0.5) is 0 Å². The highest BCUT2D eigenvalue weighted by atomic mass is 16.5. The lowest BCUT2D eigenvalue weighted by Gasteiger charge is -2.15. The molecule has 150 valence electrons. The summed E-state index contributed by atoms with van der Waals surface area (Å²) in [5, 5.41) is 2.91. The van der Waals surface area contributed by atoms with E-state index in [1.165, 1.54) is 5.56 Å². The van der Waals surface area contributed by atoms with Gasteiger partial charge in [0.25, 0.3) is 5.91 Å². The van der Waals surface area contributed by atoms with Gasteiger partial charge in [-0.25, -0.2) is 0 Å². The van der Waals surface area contributed by atoms with Gasteiger partial charge in [-0.2, -0.15) is 0 Å². The van der Waals surface area contributed by atoms with E-state index < -0.39 is 0 Å². The first-order chi connectivity index (χ1) is 13.5. The molecule has 3 N–H and O–H groups in total. The van der Waals surface area contributed by atoms with Crippen LogP contribution >= 0.6 is 0 Å². The summed E-state index contributed by atoms with van der Waals surface area (Å²) >= 11 is 0. The maximum atomic E-state index is 12.4. The van der Waals surface area contributed by atoms with Crippen LogP contribution in [0, 0.1) is 0 Å². The Morgan fingerprint density at radius 2 is 1.82 bits per heavy atom. The van der Waals surface area contributed by atoms with E-state index in [0.29, 0.717) is 24.6 Å². The molecule has 1 amide bonds. The van der Waals surface area contributed by atoms with E-state index in [1.807, 2.05) is 24.3 Å². The van der Waals surface area contributed by atoms with Gasteiger partial charge in [0, 0.05) is 24.8 Å². The molecule has 1 saturated heterocycles. The van der Waals surface area contributed by atoms with Crippen molar-refractivity contribution in [2.75, 3.05) is 19.8 Å². The van der Waals surface area contributed by atoms with Gasteiger partial charge in [-0.05, 0) is 54.2 Å². The number of nitrogens with one attached hydrogen (secondary N) is 1. The number of hydrogen-bond acceptors (Lipinski definition) is 4. The van der Waals surface area contributed by atoms with Gasteiger partial charge < -0.3 is 20.5 Å². The Kier molecular flexibility index (Phi) is 7.06. The van der Waals surface area contributed by atoms with Crippen molar-refractivity contribution in [2.45, 2.75) is 44.8 Å². The summed E-state index contributed by atoms with van der Waals surface area (Å²) in [5.41, 5.74) is 9.11. The van der Waals surface area contributed by atoms with E-state index in [4.69, 9.17) is 15.2 Å². The average Bonchev–Trinajstić information content (AvgIpc) is 3.24. The third-order valence-electron chi connectivity index (χ3n) is 5.09. The first-order valence-electron chi connectivity index (χ1n) is 10.0. The first kappa shape index (κ1) is 20.4. The lowest BCUT2D eigenvalue weighted by atomic mass is 9.99. The lowest BCUT2D eigenvalue weighted by Crippen LogP contribution is -2.31. The predicted molar refractivity (Wildman–Crippen MR) is 111 cm³/mol. The molecule has 1 aliphatic heterocycles. The minimum absolute atomic E-state index is 0.139. The molecule has 0 aliphatic carbocycles. The van der Waals surface area contributed by atoms with E-state index in [1.54, 1.807) is 12.1 Å². The zero-order chi connectivity index (χ0) is 19.9. The van der Waals surface area contributed by atoms with Crippen molar-refractivity contribution in [3.63, 3.8) is 0 Å². The summed E-state index contributed by atoms with van der Waals surface area (Å²) in [7, 11) is 0. The van der Waals surface area contributed by atoms with Crippen LogP contribution in [0.2, 0.25) is 0 Å².